The molecule has 0 bridgehead atoms. The fraction of sp³-hybridized carbons (Fsp3) is 0.500. The van der Waals surface area contributed by atoms with Crippen LogP contribution < -0.4 is 0 Å². The predicted octanol–water partition coefficient (Wildman–Crippen LogP) is 4.07. The molecule has 3 nitrogen and oxygen atoms in total. The molecule has 1 aromatic carbocycles. The van der Waals surface area contributed by atoms with Gasteiger partial charge in [-0.05, 0) is 32.4 Å². The normalized spacial score (nSPS) is 12.2. The maximum absolute atomic E-state index is 12.8. The zero-order valence-electron chi connectivity index (χ0n) is 11.9. The number of carbonyl (C=O) groups excluding carboxylic acids is 1. The van der Waals surface area contributed by atoms with E-state index in [1.54, 1.807) is 20.8 Å². The average molecular weight is 289 g/mol. The van der Waals surface area contributed by atoms with Gasteiger partial charge in [-0.2, -0.15) is 13.2 Å². The summed E-state index contributed by atoms with van der Waals surface area (Å²) in [5.41, 5.74) is -1.39. The molecule has 0 aromatic heterocycles. The van der Waals surface area contributed by atoms with Crippen molar-refractivity contribution in [2.24, 2.45) is 0 Å². The molecule has 0 unspecified atom stereocenters. The van der Waals surface area contributed by atoms with Crippen molar-refractivity contribution in [2.45, 2.75) is 39.1 Å². The van der Waals surface area contributed by atoms with Crippen molar-refractivity contribution >= 4 is 6.09 Å². The van der Waals surface area contributed by atoms with Gasteiger partial charge in [-0.3, -0.25) is 0 Å². The Morgan fingerprint density at radius 2 is 1.75 bits per heavy atom. The van der Waals surface area contributed by atoms with E-state index in [0.717, 1.165) is 11.0 Å². The van der Waals surface area contributed by atoms with Crippen LogP contribution in [-0.4, -0.2) is 23.6 Å². The Morgan fingerprint density at radius 3 is 2.25 bits per heavy atom. The van der Waals surface area contributed by atoms with Crippen LogP contribution in [0.1, 0.15) is 31.9 Å². The summed E-state index contributed by atoms with van der Waals surface area (Å²) < 4.78 is 43.6. The first kappa shape index (κ1) is 16.3. The summed E-state index contributed by atoms with van der Waals surface area (Å²) in [7, 11) is 1.40. The summed E-state index contributed by atoms with van der Waals surface area (Å²) in [5, 5.41) is 0. The average Bonchev–Trinajstić information content (AvgIpc) is 2.25. The van der Waals surface area contributed by atoms with E-state index < -0.39 is 23.4 Å². The van der Waals surface area contributed by atoms with Gasteiger partial charge in [0.25, 0.3) is 0 Å². The molecule has 0 radical (unpaired) electrons. The molecule has 0 atom stereocenters. The number of hydrogen-bond donors (Lipinski definition) is 0. The third-order valence-corrected chi connectivity index (χ3v) is 2.44. The standard InChI is InChI=1S/C14H18F3NO2/c1-13(2,3)20-12(19)18(4)9-10-7-5-6-8-11(10)14(15,16)17/h5-8H,9H2,1-4H3. The van der Waals surface area contributed by atoms with Gasteiger partial charge < -0.3 is 9.64 Å². The number of halogens is 3. The summed E-state index contributed by atoms with van der Waals surface area (Å²) in [6, 6.07) is 5.18. The third kappa shape index (κ3) is 4.75. The Morgan fingerprint density at radius 1 is 1.20 bits per heavy atom. The molecule has 0 saturated heterocycles. The SMILES string of the molecule is CN(Cc1ccccc1C(F)(F)F)C(=O)OC(C)(C)C. The van der Waals surface area contributed by atoms with Crippen molar-refractivity contribution in [1.29, 1.82) is 0 Å². The molecular formula is C14H18F3NO2. The van der Waals surface area contributed by atoms with E-state index in [-0.39, 0.29) is 12.1 Å². The van der Waals surface area contributed by atoms with E-state index in [2.05, 4.69) is 0 Å². The Labute approximate surface area is 116 Å². The Balaban J connectivity index is 2.86. The molecule has 0 spiro atoms. The summed E-state index contributed by atoms with van der Waals surface area (Å²) in [6.45, 7) is 4.93. The molecule has 112 valence electrons. The van der Waals surface area contributed by atoms with Crippen LogP contribution >= 0.6 is 0 Å². The van der Waals surface area contributed by atoms with Gasteiger partial charge in [-0.25, -0.2) is 4.79 Å². The zero-order chi connectivity index (χ0) is 15.6. The molecule has 0 fully saturated rings. The van der Waals surface area contributed by atoms with Gasteiger partial charge in [0, 0.05) is 13.6 Å². The summed E-state index contributed by atoms with van der Waals surface area (Å²) in [5.74, 6) is 0. The molecule has 1 rings (SSSR count). The van der Waals surface area contributed by atoms with Crippen molar-refractivity contribution in [3.8, 4) is 0 Å². The molecule has 0 saturated carbocycles. The second-order valence-electron chi connectivity index (χ2n) is 5.49. The van der Waals surface area contributed by atoms with Gasteiger partial charge in [0.1, 0.15) is 5.60 Å². The minimum Gasteiger partial charge on any atom is -0.444 e. The molecule has 1 amide bonds. The highest BCUT2D eigenvalue weighted by Gasteiger charge is 2.33. The van der Waals surface area contributed by atoms with E-state index >= 15 is 0 Å². The third-order valence-electron chi connectivity index (χ3n) is 2.44. The summed E-state index contributed by atoms with van der Waals surface area (Å²) in [4.78, 5) is 12.9. The van der Waals surface area contributed by atoms with Gasteiger partial charge in [0.05, 0.1) is 5.56 Å². The molecule has 0 heterocycles. The first-order valence-corrected chi connectivity index (χ1v) is 6.10. The topological polar surface area (TPSA) is 29.5 Å². The van der Waals surface area contributed by atoms with Gasteiger partial charge in [-0.1, -0.05) is 18.2 Å². The molecule has 20 heavy (non-hydrogen) atoms. The van der Waals surface area contributed by atoms with Gasteiger partial charge >= 0.3 is 12.3 Å². The van der Waals surface area contributed by atoms with Crippen molar-refractivity contribution in [3.05, 3.63) is 35.4 Å². The van der Waals surface area contributed by atoms with Crippen LogP contribution in [-0.2, 0) is 17.5 Å². The maximum Gasteiger partial charge on any atom is 0.416 e. The van der Waals surface area contributed by atoms with E-state index in [9.17, 15) is 18.0 Å². The lowest BCUT2D eigenvalue weighted by molar-refractivity contribution is -0.138. The Hall–Kier alpha value is -1.72. The van der Waals surface area contributed by atoms with E-state index in [1.807, 2.05) is 0 Å². The van der Waals surface area contributed by atoms with Crippen LogP contribution in [0.4, 0.5) is 18.0 Å². The lowest BCUT2D eigenvalue weighted by Gasteiger charge is -2.25. The van der Waals surface area contributed by atoms with E-state index in [0.29, 0.717) is 0 Å². The minimum atomic E-state index is -4.44. The van der Waals surface area contributed by atoms with Gasteiger partial charge in [-0.15, -0.1) is 0 Å². The van der Waals surface area contributed by atoms with Crippen molar-refractivity contribution in [3.63, 3.8) is 0 Å². The number of alkyl halides is 3. The molecular weight excluding hydrogens is 271 g/mol. The fourth-order valence-electron chi connectivity index (χ4n) is 1.59. The number of benzene rings is 1. The van der Waals surface area contributed by atoms with Crippen LogP contribution in [0.3, 0.4) is 0 Å². The number of amides is 1. The molecule has 1 aromatic rings. The van der Waals surface area contributed by atoms with Crippen LogP contribution in [0.5, 0.6) is 0 Å². The first-order chi connectivity index (χ1) is 9.00. The van der Waals surface area contributed by atoms with E-state index in [1.165, 1.54) is 25.2 Å². The predicted molar refractivity (Wildman–Crippen MR) is 69.1 cm³/mol. The minimum absolute atomic E-state index is 0.0355. The number of rotatable bonds is 2. The number of nitrogens with zero attached hydrogens (tertiary/aromatic N) is 1. The van der Waals surface area contributed by atoms with Crippen molar-refractivity contribution in [1.82, 2.24) is 4.90 Å². The quantitative estimate of drug-likeness (QED) is 0.821. The maximum atomic E-state index is 12.8. The number of ether oxygens (including phenoxy) is 1. The lowest BCUT2D eigenvalue weighted by atomic mass is 10.1. The second kappa shape index (κ2) is 5.73. The second-order valence-corrected chi connectivity index (χ2v) is 5.49. The van der Waals surface area contributed by atoms with Gasteiger partial charge in [0.15, 0.2) is 0 Å². The molecule has 0 aliphatic carbocycles. The van der Waals surface area contributed by atoms with Crippen molar-refractivity contribution < 1.29 is 22.7 Å². The highest BCUT2D eigenvalue weighted by atomic mass is 19.4. The number of carbonyl (C=O) groups is 1. The fourth-order valence-corrected chi connectivity index (χ4v) is 1.59. The first-order valence-electron chi connectivity index (χ1n) is 6.10. The monoisotopic (exact) mass is 289 g/mol. The van der Waals surface area contributed by atoms with Crippen LogP contribution in [0, 0.1) is 0 Å². The van der Waals surface area contributed by atoms with E-state index in [4.69, 9.17) is 4.74 Å². The largest absolute Gasteiger partial charge is 0.444 e. The molecule has 0 aliphatic rings. The smallest absolute Gasteiger partial charge is 0.416 e. The van der Waals surface area contributed by atoms with Crippen LogP contribution in [0.15, 0.2) is 24.3 Å². The van der Waals surface area contributed by atoms with Crippen LogP contribution in [0.2, 0.25) is 0 Å². The Kier molecular flexibility index (Phi) is 4.68. The summed E-state index contributed by atoms with van der Waals surface area (Å²) in [6.07, 6.45) is -5.10. The molecule has 6 heteroatoms. The summed E-state index contributed by atoms with van der Waals surface area (Å²) >= 11 is 0. The lowest BCUT2D eigenvalue weighted by Crippen LogP contribution is -2.34. The molecule has 0 N–H and O–H groups in total. The Bertz CT molecular complexity index is 478. The highest BCUT2D eigenvalue weighted by Crippen LogP contribution is 2.32. The highest BCUT2D eigenvalue weighted by molar-refractivity contribution is 5.67. The van der Waals surface area contributed by atoms with Gasteiger partial charge in [0.2, 0.25) is 0 Å². The van der Waals surface area contributed by atoms with Crippen molar-refractivity contribution in [2.75, 3.05) is 7.05 Å². The zero-order valence-corrected chi connectivity index (χ0v) is 11.9. The van der Waals surface area contributed by atoms with Crippen LogP contribution in [0.25, 0.3) is 0 Å². The molecule has 0 aliphatic heterocycles. The number of hydrogen-bond acceptors (Lipinski definition) is 2.